The molecule has 0 aliphatic heterocycles. The summed E-state index contributed by atoms with van der Waals surface area (Å²) in [6.07, 6.45) is 2.88. The van der Waals surface area contributed by atoms with E-state index in [0.29, 0.717) is 16.8 Å². The number of hydrogen-bond acceptors (Lipinski definition) is 5. The molecule has 7 heteroatoms. The van der Waals surface area contributed by atoms with Gasteiger partial charge in [0.15, 0.2) is 5.82 Å². The fourth-order valence-electron chi connectivity index (χ4n) is 2.60. The minimum absolute atomic E-state index is 0.0325. The second-order valence-electron chi connectivity index (χ2n) is 5.10. The van der Waals surface area contributed by atoms with Gasteiger partial charge in [0.2, 0.25) is 0 Å². The molecule has 24 heavy (non-hydrogen) atoms. The third-order valence-corrected chi connectivity index (χ3v) is 3.74. The van der Waals surface area contributed by atoms with Gasteiger partial charge in [-0.3, -0.25) is 5.10 Å². The number of aromatic nitrogens is 5. The first kappa shape index (κ1) is 14.0. The quantitative estimate of drug-likeness (QED) is 0.613. The molecule has 0 saturated heterocycles. The molecule has 2 aromatic heterocycles. The van der Waals surface area contributed by atoms with Crippen molar-refractivity contribution in [2.24, 2.45) is 0 Å². The highest BCUT2D eigenvalue weighted by Gasteiger charge is 2.18. The molecule has 0 aliphatic carbocycles. The minimum Gasteiger partial charge on any atom is -0.258 e. The predicted octanol–water partition coefficient (Wildman–Crippen LogP) is 3.09. The summed E-state index contributed by atoms with van der Waals surface area (Å²) >= 11 is 0. The fraction of sp³-hybridized carbons (Fsp3) is 0. The molecule has 1 N–H and O–H groups in total. The lowest BCUT2D eigenvalue weighted by molar-refractivity contribution is 0.627. The summed E-state index contributed by atoms with van der Waals surface area (Å²) in [5.41, 5.74) is 3.48. The lowest BCUT2D eigenvalue weighted by Crippen LogP contribution is -1.96. The summed E-state index contributed by atoms with van der Waals surface area (Å²) in [5.74, 6) is -0.603. The van der Waals surface area contributed by atoms with Crippen LogP contribution in [-0.4, -0.2) is 25.4 Å². The Hall–Kier alpha value is -3.66. The molecule has 4 rings (SSSR count). The molecule has 0 saturated carbocycles. The molecule has 0 bridgehead atoms. The number of benzene rings is 2. The van der Waals surface area contributed by atoms with Crippen molar-refractivity contribution >= 4 is 11.0 Å². The van der Waals surface area contributed by atoms with Crippen LogP contribution in [0.1, 0.15) is 5.56 Å². The molecule has 0 fully saturated rings. The standard InChI is InChI=1S/C17H9FN6/c18-17-11(8-19)1-3-12(16(17)14-5-6-20-9-21-14)10-2-4-13-15(7-10)23-24-22-13/h1-7,9H,(H,22,23,24). The fourth-order valence-corrected chi connectivity index (χ4v) is 2.60. The van der Waals surface area contributed by atoms with Gasteiger partial charge in [-0.25, -0.2) is 14.4 Å². The molecule has 0 radical (unpaired) electrons. The molecule has 2 aromatic carbocycles. The Balaban J connectivity index is 2.01. The average molecular weight is 316 g/mol. The number of hydrogen-bond donors (Lipinski definition) is 1. The van der Waals surface area contributed by atoms with Crippen molar-refractivity contribution in [1.29, 1.82) is 5.26 Å². The second-order valence-corrected chi connectivity index (χ2v) is 5.10. The van der Waals surface area contributed by atoms with Crippen molar-refractivity contribution in [3.8, 4) is 28.5 Å². The number of rotatable bonds is 2. The van der Waals surface area contributed by atoms with Crippen LogP contribution >= 0.6 is 0 Å². The molecule has 0 atom stereocenters. The number of fused-ring (bicyclic) bond motifs is 1. The monoisotopic (exact) mass is 316 g/mol. The van der Waals surface area contributed by atoms with Gasteiger partial charge in [-0.05, 0) is 35.4 Å². The van der Waals surface area contributed by atoms with Gasteiger partial charge >= 0.3 is 0 Å². The summed E-state index contributed by atoms with van der Waals surface area (Å²) in [6.45, 7) is 0. The normalized spacial score (nSPS) is 10.7. The van der Waals surface area contributed by atoms with Gasteiger partial charge in [-0.15, -0.1) is 5.10 Å². The highest BCUT2D eigenvalue weighted by Crippen LogP contribution is 2.35. The first-order chi connectivity index (χ1) is 11.8. The Labute approximate surface area is 135 Å². The third kappa shape index (κ3) is 2.18. The number of aromatic amines is 1. The maximum atomic E-state index is 14.8. The Morgan fingerprint density at radius 2 is 2.04 bits per heavy atom. The average Bonchev–Trinajstić information content (AvgIpc) is 3.10. The second kappa shape index (κ2) is 5.52. The first-order valence-electron chi connectivity index (χ1n) is 7.08. The molecule has 0 unspecified atom stereocenters. The smallest absolute Gasteiger partial charge is 0.150 e. The molecular weight excluding hydrogens is 307 g/mol. The van der Waals surface area contributed by atoms with Crippen LogP contribution in [0.25, 0.3) is 33.4 Å². The topological polar surface area (TPSA) is 91.1 Å². The molecule has 0 spiro atoms. The summed E-state index contributed by atoms with van der Waals surface area (Å²) in [5, 5.41) is 19.6. The van der Waals surface area contributed by atoms with Crippen LogP contribution < -0.4 is 0 Å². The summed E-state index contributed by atoms with van der Waals surface area (Å²) in [6, 6.07) is 12.1. The largest absolute Gasteiger partial charge is 0.258 e. The first-order valence-corrected chi connectivity index (χ1v) is 7.08. The summed E-state index contributed by atoms with van der Waals surface area (Å²) in [4.78, 5) is 7.99. The SMILES string of the molecule is N#Cc1ccc(-c2ccc3[nH]nnc3c2)c(-c2ccncn2)c1F. The Bertz CT molecular complexity index is 1080. The maximum absolute atomic E-state index is 14.8. The zero-order valence-corrected chi connectivity index (χ0v) is 12.2. The van der Waals surface area contributed by atoms with Crippen molar-refractivity contribution in [3.05, 3.63) is 60.3 Å². The minimum atomic E-state index is -0.603. The number of nitrogens with one attached hydrogen (secondary N) is 1. The number of halogens is 1. The summed E-state index contributed by atoms with van der Waals surface area (Å²) < 4.78 is 14.8. The molecule has 0 aliphatic rings. The van der Waals surface area contributed by atoms with E-state index in [2.05, 4.69) is 25.4 Å². The van der Waals surface area contributed by atoms with Gasteiger partial charge < -0.3 is 0 Å². The zero-order chi connectivity index (χ0) is 16.5. The van der Waals surface area contributed by atoms with Crippen molar-refractivity contribution in [2.45, 2.75) is 0 Å². The van der Waals surface area contributed by atoms with E-state index >= 15 is 0 Å². The molecule has 2 heterocycles. The number of nitriles is 1. The Kier molecular flexibility index (Phi) is 3.21. The number of nitrogens with zero attached hydrogens (tertiary/aromatic N) is 5. The van der Waals surface area contributed by atoms with E-state index in [0.717, 1.165) is 11.1 Å². The maximum Gasteiger partial charge on any atom is 0.150 e. The highest BCUT2D eigenvalue weighted by atomic mass is 19.1. The van der Waals surface area contributed by atoms with Crippen LogP contribution in [0.15, 0.2) is 48.9 Å². The van der Waals surface area contributed by atoms with Crippen molar-refractivity contribution in [1.82, 2.24) is 25.4 Å². The molecule has 6 nitrogen and oxygen atoms in total. The van der Waals surface area contributed by atoms with E-state index in [-0.39, 0.29) is 11.1 Å². The van der Waals surface area contributed by atoms with Gasteiger partial charge in [0.25, 0.3) is 0 Å². The van der Waals surface area contributed by atoms with Crippen molar-refractivity contribution < 1.29 is 4.39 Å². The van der Waals surface area contributed by atoms with E-state index in [1.54, 1.807) is 12.1 Å². The molecule has 4 aromatic rings. The summed E-state index contributed by atoms with van der Waals surface area (Å²) in [7, 11) is 0. The van der Waals surface area contributed by atoms with Crippen LogP contribution in [0.5, 0.6) is 0 Å². The van der Waals surface area contributed by atoms with Gasteiger partial charge in [0.1, 0.15) is 17.9 Å². The van der Waals surface area contributed by atoms with Crippen LogP contribution in [0.4, 0.5) is 4.39 Å². The molecule has 0 amide bonds. The van der Waals surface area contributed by atoms with Crippen molar-refractivity contribution in [3.63, 3.8) is 0 Å². The van der Waals surface area contributed by atoms with Crippen LogP contribution in [0.2, 0.25) is 0 Å². The van der Waals surface area contributed by atoms with E-state index in [4.69, 9.17) is 5.26 Å². The number of H-pyrrole nitrogens is 1. The third-order valence-electron chi connectivity index (χ3n) is 3.74. The molecular formula is C17H9FN6. The van der Waals surface area contributed by atoms with Gasteiger partial charge in [0.05, 0.1) is 16.8 Å². The van der Waals surface area contributed by atoms with Gasteiger partial charge in [0, 0.05) is 11.8 Å². The highest BCUT2D eigenvalue weighted by molar-refractivity contribution is 5.88. The lowest BCUT2D eigenvalue weighted by Gasteiger charge is -2.11. The van der Waals surface area contributed by atoms with Crippen LogP contribution in [0.3, 0.4) is 0 Å². The Morgan fingerprint density at radius 3 is 2.83 bits per heavy atom. The van der Waals surface area contributed by atoms with Gasteiger partial charge in [-0.1, -0.05) is 17.3 Å². The van der Waals surface area contributed by atoms with E-state index in [9.17, 15) is 4.39 Å². The van der Waals surface area contributed by atoms with E-state index in [1.165, 1.54) is 18.6 Å². The zero-order valence-electron chi connectivity index (χ0n) is 12.2. The lowest BCUT2D eigenvalue weighted by atomic mass is 9.94. The van der Waals surface area contributed by atoms with Crippen LogP contribution in [-0.2, 0) is 0 Å². The molecule has 114 valence electrons. The van der Waals surface area contributed by atoms with E-state index in [1.807, 2.05) is 24.3 Å². The van der Waals surface area contributed by atoms with E-state index < -0.39 is 5.82 Å². The van der Waals surface area contributed by atoms with Crippen molar-refractivity contribution in [2.75, 3.05) is 0 Å². The Morgan fingerprint density at radius 1 is 1.12 bits per heavy atom. The van der Waals surface area contributed by atoms with Crippen LogP contribution in [0, 0.1) is 17.1 Å². The van der Waals surface area contributed by atoms with Gasteiger partial charge in [-0.2, -0.15) is 5.26 Å². The predicted molar refractivity (Wildman–Crippen MR) is 85.0 cm³/mol.